The fraction of sp³-hybridized carbons (Fsp3) is 0.750. The summed E-state index contributed by atoms with van der Waals surface area (Å²) in [6.45, 7) is 1.34. The number of hydrogen-bond donors (Lipinski definition) is 3. The first kappa shape index (κ1) is 14.5. The number of carboxylic acids is 1. The fourth-order valence-electron chi connectivity index (χ4n) is 0.954. The molecule has 0 spiro atoms. The summed E-state index contributed by atoms with van der Waals surface area (Å²) in [7, 11) is 0. The number of urea groups is 1. The Morgan fingerprint density at radius 3 is 2.12 bits per heavy atom. The molecular weight excluding hydrogens is 229 g/mol. The number of amides is 2. The van der Waals surface area contributed by atoms with Crippen LogP contribution in [-0.4, -0.2) is 35.4 Å². The zero-order valence-electron chi connectivity index (χ0n) is 8.81. The number of hydrogen-bond acceptors (Lipinski definition) is 2. The fourth-order valence-corrected chi connectivity index (χ4v) is 0.954. The van der Waals surface area contributed by atoms with E-state index in [1.54, 1.807) is 5.32 Å². The lowest BCUT2D eigenvalue weighted by Crippen LogP contribution is -2.51. The lowest BCUT2D eigenvalue weighted by molar-refractivity contribution is -0.138. The molecule has 94 valence electrons. The standard InChI is InChI=1S/C8H13F3N2O3/c1-7(2,3-5(14)15)13-6(16)12-4-8(9,10)11/h3-4H2,1-2H3,(H,14,15)(H2,12,13,16). The maximum absolute atomic E-state index is 11.7. The van der Waals surface area contributed by atoms with E-state index in [0.717, 1.165) is 0 Å². The smallest absolute Gasteiger partial charge is 0.405 e. The van der Waals surface area contributed by atoms with Gasteiger partial charge in [0.2, 0.25) is 0 Å². The van der Waals surface area contributed by atoms with E-state index in [-0.39, 0.29) is 6.42 Å². The molecule has 0 rings (SSSR count). The second-order valence-corrected chi connectivity index (χ2v) is 3.88. The molecule has 0 fully saturated rings. The first-order valence-corrected chi connectivity index (χ1v) is 4.36. The Hall–Kier alpha value is -1.47. The van der Waals surface area contributed by atoms with E-state index in [9.17, 15) is 22.8 Å². The molecule has 0 aliphatic heterocycles. The van der Waals surface area contributed by atoms with Crippen molar-refractivity contribution in [3.05, 3.63) is 0 Å². The molecule has 0 radical (unpaired) electrons. The SMILES string of the molecule is CC(C)(CC(=O)O)NC(=O)NCC(F)(F)F. The minimum absolute atomic E-state index is 0.383. The van der Waals surface area contributed by atoms with Crippen LogP contribution in [0.25, 0.3) is 0 Å². The maximum atomic E-state index is 11.7. The van der Waals surface area contributed by atoms with Crippen molar-refractivity contribution < 1.29 is 27.9 Å². The average Bonchev–Trinajstić information content (AvgIpc) is 1.95. The van der Waals surface area contributed by atoms with Gasteiger partial charge >= 0.3 is 18.2 Å². The van der Waals surface area contributed by atoms with Gasteiger partial charge in [0, 0.05) is 5.54 Å². The zero-order chi connectivity index (χ0) is 13.0. The molecular formula is C8H13F3N2O3. The summed E-state index contributed by atoms with van der Waals surface area (Å²) in [5.41, 5.74) is -1.11. The van der Waals surface area contributed by atoms with Crippen molar-refractivity contribution in [1.82, 2.24) is 10.6 Å². The van der Waals surface area contributed by atoms with Crippen LogP contribution in [-0.2, 0) is 4.79 Å². The Morgan fingerprint density at radius 1 is 1.25 bits per heavy atom. The molecule has 0 saturated carbocycles. The van der Waals surface area contributed by atoms with Gasteiger partial charge in [-0.05, 0) is 13.8 Å². The van der Waals surface area contributed by atoms with Gasteiger partial charge in [-0.15, -0.1) is 0 Å². The third kappa shape index (κ3) is 7.89. The first-order chi connectivity index (χ1) is 7.02. The highest BCUT2D eigenvalue weighted by Gasteiger charge is 2.29. The molecule has 0 saturated heterocycles. The molecule has 0 bridgehead atoms. The lowest BCUT2D eigenvalue weighted by atomic mass is 10.0. The number of nitrogens with one attached hydrogen (secondary N) is 2. The number of aliphatic carboxylic acids is 1. The Kier molecular flexibility index (Phi) is 4.58. The summed E-state index contributed by atoms with van der Waals surface area (Å²) in [5.74, 6) is -1.15. The number of rotatable bonds is 4. The van der Waals surface area contributed by atoms with Crippen LogP contribution in [0.15, 0.2) is 0 Å². The van der Waals surface area contributed by atoms with Gasteiger partial charge in [0.25, 0.3) is 0 Å². The molecule has 3 N–H and O–H groups in total. The van der Waals surface area contributed by atoms with E-state index in [1.807, 2.05) is 0 Å². The van der Waals surface area contributed by atoms with Crippen LogP contribution in [0, 0.1) is 0 Å². The van der Waals surface area contributed by atoms with E-state index < -0.39 is 30.3 Å². The summed E-state index contributed by atoms with van der Waals surface area (Å²) >= 11 is 0. The molecule has 0 heterocycles. The molecule has 0 aromatic heterocycles. The van der Waals surface area contributed by atoms with E-state index in [4.69, 9.17) is 5.11 Å². The van der Waals surface area contributed by atoms with Gasteiger partial charge < -0.3 is 15.7 Å². The van der Waals surface area contributed by atoms with E-state index in [2.05, 4.69) is 5.32 Å². The summed E-state index contributed by atoms with van der Waals surface area (Å²) < 4.78 is 35.2. The van der Waals surface area contributed by atoms with Gasteiger partial charge in [0.1, 0.15) is 6.54 Å². The van der Waals surface area contributed by atoms with E-state index in [1.165, 1.54) is 13.8 Å². The van der Waals surface area contributed by atoms with Crippen molar-refractivity contribution in [1.29, 1.82) is 0 Å². The molecule has 0 unspecified atom stereocenters. The number of carboxylic acid groups (broad SMARTS) is 1. The normalized spacial score (nSPS) is 12.1. The molecule has 0 aliphatic carbocycles. The van der Waals surface area contributed by atoms with Crippen LogP contribution in [0.5, 0.6) is 0 Å². The number of carbonyl (C=O) groups excluding carboxylic acids is 1. The van der Waals surface area contributed by atoms with Crippen LogP contribution in [0.3, 0.4) is 0 Å². The number of alkyl halides is 3. The highest BCUT2D eigenvalue weighted by Crippen LogP contribution is 2.12. The average molecular weight is 242 g/mol. The highest BCUT2D eigenvalue weighted by atomic mass is 19.4. The van der Waals surface area contributed by atoms with Crippen LogP contribution in [0.1, 0.15) is 20.3 Å². The van der Waals surface area contributed by atoms with Gasteiger partial charge in [-0.2, -0.15) is 13.2 Å². The van der Waals surface area contributed by atoms with Crippen molar-refractivity contribution >= 4 is 12.0 Å². The van der Waals surface area contributed by atoms with Gasteiger partial charge in [0.15, 0.2) is 0 Å². The monoisotopic (exact) mass is 242 g/mol. The quantitative estimate of drug-likeness (QED) is 0.690. The highest BCUT2D eigenvalue weighted by molar-refractivity contribution is 5.76. The predicted molar refractivity (Wildman–Crippen MR) is 48.9 cm³/mol. The molecule has 0 aromatic rings. The van der Waals surface area contributed by atoms with Crippen molar-refractivity contribution in [3.63, 3.8) is 0 Å². The third-order valence-electron chi connectivity index (χ3n) is 1.49. The largest absolute Gasteiger partial charge is 0.481 e. The van der Waals surface area contributed by atoms with Gasteiger partial charge in [-0.3, -0.25) is 4.79 Å². The minimum Gasteiger partial charge on any atom is -0.481 e. The first-order valence-electron chi connectivity index (χ1n) is 4.36. The van der Waals surface area contributed by atoms with E-state index in [0.29, 0.717) is 0 Å². The summed E-state index contributed by atoms with van der Waals surface area (Å²) in [4.78, 5) is 21.3. The van der Waals surface area contributed by atoms with Gasteiger partial charge in [0.05, 0.1) is 6.42 Å². The Bertz CT molecular complexity index is 276. The number of carbonyl (C=O) groups is 2. The van der Waals surface area contributed by atoms with Crippen molar-refractivity contribution in [2.45, 2.75) is 32.0 Å². The topological polar surface area (TPSA) is 78.4 Å². The summed E-state index contributed by atoms with van der Waals surface area (Å²) in [6.07, 6.45) is -4.87. The summed E-state index contributed by atoms with van der Waals surface area (Å²) in [5, 5.41) is 12.2. The van der Waals surface area contributed by atoms with Crippen LogP contribution in [0.2, 0.25) is 0 Å². The molecule has 8 heteroatoms. The predicted octanol–water partition coefficient (Wildman–Crippen LogP) is 1.10. The molecule has 16 heavy (non-hydrogen) atoms. The van der Waals surface area contributed by atoms with Crippen LogP contribution < -0.4 is 10.6 Å². The van der Waals surface area contributed by atoms with Crippen molar-refractivity contribution in [2.24, 2.45) is 0 Å². The molecule has 0 aromatic carbocycles. The Balaban J connectivity index is 4.09. The van der Waals surface area contributed by atoms with E-state index >= 15 is 0 Å². The second-order valence-electron chi connectivity index (χ2n) is 3.88. The summed E-state index contributed by atoms with van der Waals surface area (Å²) in [6, 6.07) is -1.05. The Labute approximate surface area is 90.0 Å². The number of halogens is 3. The van der Waals surface area contributed by atoms with Gasteiger partial charge in [-0.1, -0.05) is 0 Å². The van der Waals surface area contributed by atoms with Gasteiger partial charge in [-0.25, -0.2) is 4.79 Å². The van der Waals surface area contributed by atoms with Crippen molar-refractivity contribution in [3.8, 4) is 0 Å². The molecule has 5 nitrogen and oxygen atoms in total. The lowest BCUT2D eigenvalue weighted by Gasteiger charge is -2.24. The van der Waals surface area contributed by atoms with Crippen molar-refractivity contribution in [2.75, 3.05) is 6.54 Å². The second kappa shape index (κ2) is 5.04. The van der Waals surface area contributed by atoms with Crippen LogP contribution >= 0.6 is 0 Å². The molecule has 0 atom stereocenters. The molecule has 2 amide bonds. The zero-order valence-corrected chi connectivity index (χ0v) is 8.81. The maximum Gasteiger partial charge on any atom is 0.405 e. The van der Waals surface area contributed by atoms with Crippen LogP contribution in [0.4, 0.5) is 18.0 Å². The minimum atomic E-state index is -4.49. The molecule has 0 aliphatic rings. The third-order valence-corrected chi connectivity index (χ3v) is 1.49. The Morgan fingerprint density at radius 2 is 1.75 bits per heavy atom.